The van der Waals surface area contributed by atoms with Gasteiger partial charge in [0.2, 0.25) is 0 Å². The molecule has 0 radical (unpaired) electrons. The Morgan fingerprint density at radius 3 is 1.22 bits per heavy atom. The first-order valence-corrected chi connectivity index (χ1v) is 7.66. The summed E-state index contributed by atoms with van der Waals surface area (Å²) in [5.74, 6) is -0.125. The van der Waals surface area contributed by atoms with E-state index in [1.165, 1.54) is 78.4 Å². The van der Waals surface area contributed by atoms with E-state index in [4.69, 9.17) is 10.2 Å². The molecule has 0 spiro atoms. The van der Waals surface area contributed by atoms with Gasteiger partial charge in [0.1, 0.15) is 0 Å². The van der Waals surface area contributed by atoms with Crippen LogP contribution in [0.1, 0.15) is 66.2 Å². The number of carbonyl (C=O) groups is 2. The van der Waals surface area contributed by atoms with Crippen LogP contribution in [0.15, 0.2) is 35.8 Å². The molecule has 1 aliphatic carbocycles. The summed E-state index contributed by atoms with van der Waals surface area (Å²) < 4.78 is 0. The van der Waals surface area contributed by atoms with Gasteiger partial charge in [0.05, 0.1) is 11.5 Å². The van der Waals surface area contributed by atoms with Gasteiger partial charge in [-0.05, 0) is 53.4 Å². The van der Waals surface area contributed by atoms with Crippen molar-refractivity contribution in [2.45, 2.75) is 66.2 Å². The third-order valence-corrected chi connectivity index (χ3v) is 2.48. The van der Waals surface area contributed by atoms with Crippen molar-refractivity contribution in [3.8, 4) is 0 Å². The fourth-order valence-corrected chi connectivity index (χ4v) is 1.70. The van der Waals surface area contributed by atoms with Crippen molar-refractivity contribution in [1.29, 1.82) is 0 Å². The van der Waals surface area contributed by atoms with Gasteiger partial charge < -0.3 is 10.2 Å². The number of ketones is 2. The summed E-state index contributed by atoms with van der Waals surface area (Å²) in [4.78, 5) is 20.0. The van der Waals surface area contributed by atoms with E-state index in [0.29, 0.717) is 0 Å². The van der Waals surface area contributed by atoms with Crippen molar-refractivity contribution in [3.63, 3.8) is 0 Å². The van der Waals surface area contributed by atoms with E-state index < -0.39 is 0 Å². The van der Waals surface area contributed by atoms with Crippen molar-refractivity contribution < 1.29 is 40.9 Å². The predicted molar refractivity (Wildman–Crippen MR) is 91.0 cm³/mol. The topological polar surface area (TPSA) is 74.6 Å². The summed E-state index contributed by atoms with van der Waals surface area (Å²) in [6.45, 7) is 5.70. The van der Waals surface area contributed by atoms with E-state index in [1.54, 1.807) is 0 Å². The van der Waals surface area contributed by atoms with Gasteiger partial charge in [-0.25, -0.2) is 0 Å². The Bertz CT molecular complexity index is 363. The number of aliphatic hydroxyl groups excluding tert-OH is 2. The van der Waals surface area contributed by atoms with Gasteiger partial charge in [0.15, 0.2) is 11.6 Å². The van der Waals surface area contributed by atoms with E-state index in [2.05, 4.69) is 12.2 Å². The third kappa shape index (κ3) is 33.6. The molecule has 5 heteroatoms. The van der Waals surface area contributed by atoms with Gasteiger partial charge in [-0.2, -0.15) is 0 Å². The Morgan fingerprint density at radius 1 is 0.739 bits per heavy atom. The Hall–Kier alpha value is -1.15. The zero-order valence-electron chi connectivity index (χ0n) is 14.6. The first kappa shape index (κ1) is 26.7. The van der Waals surface area contributed by atoms with Crippen LogP contribution in [-0.4, -0.2) is 21.8 Å². The Morgan fingerprint density at radius 2 is 1.04 bits per heavy atom. The molecule has 0 saturated heterocycles. The summed E-state index contributed by atoms with van der Waals surface area (Å²) >= 11 is 0. The number of aliphatic hydroxyl groups is 2. The molecule has 0 amide bonds. The van der Waals surface area contributed by atoms with E-state index in [1.807, 2.05) is 0 Å². The van der Waals surface area contributed by atoms with Crippen LogP contribution >= 0.6 is 0 Å². The molecule has 0 fully saturated rings. The zero-order chi connectivity index (χ0) is 17.4. The van der Waals surface area contributed by atoms with Crippen molar-refractivity contribution in [2.24, 2.45) is 0 Å². The van der Waals surface area contributed by atoms with E-state index >= 15 is 0 Å². The fourth-order valence-electron chi connectivity index (χ4n) is 1.70. The monoisotopic (exact) mass is 505 g/mol. The van der Waals surface area contributed by atoms with Gasteiger partial charge in [-0.15, -0.1) is 0 Å². The van der Waals surface area contributed by atoms with Crippen molar-refractivity contribution in [3.05, 3.63) is 35.8 Å². The third-order valence-electron chi connectivity index (χ3n) is 2.48. The molecule has 0 unspecified atom stereocenters. The van der Waals surface area contributed by atoms with Crippen LogP contribution in [-0.2, 0) is 30.7 Å². The molecular formula is C18H30O4Pt. The summed E-state index contributed by atoms with van der Waals surface area (Å²) in [7, 11) is 0. The summed E-state index contributed by atoms with van der Waals surface area (Å²) in [5, 5.41) is 16.7. The maximum Gasteiger partial charge on any atom is 0.155 e. The number of allylic oxidation sites excluding steroid dienone is 6. The summed E-state index contributed by atoms with van der Waals surface area (Å²) in [6, 6.07) is 0. The SMILES string of the molecule is C1=C\CCCCCC/1.CC(=O)/C=C(/C)O.CC(=O)/C=C(/C)O.[Pt]. The van der Waals surface area contributed by atoms with Gasteiger partial charge in [0.25, 0.3) is 0 Å². The molecule has 136 valence electrons. The normalized spacial score (nSPS) is 16.0. The molecule has 0 bridgehead atoms. The Kier molecular flexibility index (Phi) is 22.0. The summed E-state index contributed by atoms with van der Waals surface area (Å²) in [6.07, 6.45) is 15.3. The minimum absolute atomic E-state index is 0. The molecule has 0 heterocycles. The van der Waals surface area contributed by atoms with Crippen molar-refractivity contribution >= 4 is 11.6 Å². The van der Waals surface area contributed by atoms with Crippen molar-refractivity contribution in [2.75, 3.05) is 0 Å². The number of carbonyl (C=O) groups excluding carboxylic acids is 2. The second-order valence-corrected chi connectivity index (χ2v) is 5.26. The first-order chi connectivity index (χ1) is 10.3. The molecule has 0 saturated carbocycles. The van der Waals surface area contributed by atoms with Crippen LogP contribution < -0.4 is 0 Å². The molecule has 23 heavy (non-hydrogen) atoms. The van der Waals surface area contributed by atoms with Gasteiger partial charge in [-0.3, -0.25) is 9.59 Å². The standard InChI is InChI=1S/C8H14.2C5H8O2.Pt/c1-2-4-6-8-7-5-3-1;2*1-4(6)3-5(2)7;/h1-2H,3-8H2;2*3,6H,1-2H3;/b2-1-;2*4-3-;. The largest absolute Gasteiger partial charge is 0.512 e. The number of hydrogen-bond acceptors (Lipinski definition) is 4. The molecular weight excluding hydrogens is 475 g/mol. The molecule has 1 rings (SSSR count). The first-order valence-electron chi connectivity index (χ1n) is 7.66. The molecule has 4 nitrogen and oxygen atoms in total. The second kappa shape index (κ2) is 18.9. The van der Waals surface area contributed by atoms with Crippen LogP contribution in [0.3, 0.4) is 0 Å². The predicted octanol–water partition coefficient (Wildman–Crippen LogP) is 4.97. The van der Waals surface area contributed by atoms with E-state index in [-0.39, 0.29) is 44.2 Å². The molecule has 0 aromatic heterocycles. The maximum atomic E-state index is 10.0. The minimum atomic E-state index is -0.125. The van der Waals surface area contributed by atoms with Gasteiger partial charge in [0, 0.05) is 33.2 Å². The molecule has 1 aliphatic rings. The second-order valence-electron chi connectivity index (χ2n) is 5.26. The van der Waals surface area contributed by atoms with Crippen LogP contribution in [0, 0.1) is 0 Å². The van der Waals surface area contributed by atoms with Crippen LogP contribution in [0.2, 0.25) is 0 Å². The van der Waals surface area contributed by atoms with E-state index in [0.717, 1.165) is 0 Å². The van der Waals surface area contributed by atoms with Crippen molar-refractivity contribution in [1.82, 2.24) is 0 Å². The summed E-state index contributed by atoms with van der Waals surface area (Å²) in [5.41, 5.74) is 0. The quantitative estimate of drug-likeness (QED) is 0.316. The maximum absolute atomic E-state index is 10.0. The molecule has 0 aliphatic heterocycles. The molecule has 0 aromatic carbocycles. The van der Waals surface area contributed by atoms with Crippen LogP contribution in [0.4, 0.5) is 0 Å². The van der Waals surface area contributed by atoms with Crippen LogP contribution in [0.25, 0.3) is 0 Å². The number of rotatable bonds is 2. The zero-order valence-corrected chi connectivity index (χ0v) is 16.9. The average Bonchev–Trinajstić information content (AvgIpc) is 2.24. The molecule has 0 atom stereocenters. The fraction of sp³-hybridized carbons (Fsp3) is 0.556. The van der Waals surface area contributed by atoms with Gasteiger partial charge in [-0.1, -0.05) is 25.0 Å². The van der Waals surface area contributed by atoms with Gasteiger partial charge >= 0.3 is 0 Å². The molecule has 2 N–H and O–H groups in total. The Labute approximate surface area is 154 Å². The average molecular weight is 506 g/mol. The van der Waals surface area contributed by atoms with E-state index in [9.17, 15) is 9.59 Å². The Balaban J connectivity index is -0.000000257. The smallest absolute Gasteiger partial charge is 0.155 e. The van der Waals surface area contributed by atoms with Crippen LogP contribution in [0.5, 0.6) is 0 Å². The number of hydrogen-bond donors (Lipinski definition) is 2. The molecule has 0 aromatic rings. The minimum Gasteiger partial charge on any atom is -0.512 e.